The molecular formula is C14H15N3O2. The molecule has 2 aromatic rings. The van der Waals surface area contributed by atoms with E-state index in [1.165, 1.54) is 4.90 Å². The maximum absolute atomic E-state index is 12.2. The summed E-state index contributed by atoms with van der Waals surface area (Å²) in [6.07, 6.45) is 1.67. The molecule has 0 fully saturated rings. The minimum absolute atomic E-state index is 0.180. The van der Waals surface area contributed by atoms with E-state index in [9.17, 15) is 9.90 Å². The first kappa shape index (κ1) is 12.9. The number of hydrogen-bond acceptors (Lipinski definition) is 4. The number of anilines is 1. The highest BCUT2D eigenvalue weighted by Gasteiger charge is 2.17. The molecule has 5 heteroatoms. The van der Waals surface area contributed by atoms with Gasteiger partial charge in [-0.25, -0.2) is 0 Å². The molecule has 5 nitrogen and oxygen atoms in total. The average molecular weight is 257 g/mol. The van der Waals surface area contributed by atoms with Crippen molar-refractivity contribution in [3.63, 3.8) is 0 Å². The molecule has 98 valence electrons. The number of carbonyl (C=O) groups is 1. The Morgan fingerprint density at radius 3 is 2.79 bits per heavy atom. The van der Waals surface area contributed by atoms with Crippen LogP contribution in [0.1, 0.15) is 16.1 Å². The lowest BCUT2D eigenvalue weighted by Gasteiger charge is -2.17. The van der Waals surface area contributed by atoms with Crippen LogP contribution < -0.4 is 5.73 Å². The Kier molecular flexibility index (Phi) is 3.66. The first-order chi connectivity index (χ1) is 9.09. The Bertz CT molecular complexity index is 584. The third kappa shape index (κ3) is 2.82. The third-order valence-electron chi connectivity index (χ3n) is 2.77. The highest BCUT2D eigenvalue weighted by atomic mass is 16.3. The van der Waals surface area contributed by atoms with Crippen LogP contribution in [0.25, 0.3) is 0 Å². The molecule has 0 aliphatic rings. The van der Waals surface area contributed by atoms with E-state index in [1.54, 1.807) is 31.4 Å². The van der Waals surface area contributed by atoms with Gasteiger partial charge in [0.15, 0.2) is 5.75 Å². The van der Waals surface area contributed by atoms with Gasteiger partial charge in [0.25, 0.3) is 5.91 Å². The quantitative estimate of drug-likeness (QED) is 0.647. The van der Waals surface area contributed by atoms with Gasteiger partial charge in [0, 0.05) is 13.2 Å². The first-order valence-corrected chi connectivity index (χ1v) is 5.82. The lowest BCUT2D eigenvalue weighted by molar-refractivity contribution is 0.0780. The fraction of sp³-hybridized carbons (Fsp3) is 0.143. The van der Waals surface area contributed by atoms with Crippen molar-refractivity contribution >= 4 is 11.6 Å². The second-order valence-corrected chi connectivity index (χ2v) is 4.23. The smallest absolute Gasteiger partial charge is 0.257 e. The molecule has 1 aromatic carbocycles. The Hall–Kier alpha value is -2.56. The molecule has 19 heavy (non-hydrogen) atoms. The van der Waals surface area contributed by atoms with Crippen molar-refractivity contribution in [3.05, 3.63) is 53.9 Å². The summed E-state index contributed by atoms with van der Waals surface area (Å²) in [4.78, 5) is 17.8. The summed E-state index contributed by atoms with van der Waals surface area (Å²) >= 11 is 0. The molecule has 0 spiro atoms. The van der Waals surface area contributed by atoms with Gasteiger partial charge in [-0.1, -0.05) is 12.1 Å². The van der Waals surface area contributed by atoms with Gasteiger partial charge in [-0.2, -0.15) is 0 Å². The van der Waals surface area contributed by atoms with Crippen molar-refractivity contribution < 1.29 is 9.90 Å². The number of benzene rings is 1. The van der Waals surface area contributed by atoms with Gasteiger partial charge in [0.05, 0.1) is 23.5 Å². The number of hydrogen-bond donors (Lipinski definition) is 2. The number of para-hydroxylation sites is 1. The van der Waals surface area contributed by atoms with E-state index < -0.39 is 0 Å². The molecule has 1 aromatic heterocycles. The van der Waals surface area contributed by atoms with E-state index in [0.717, 1.165) is 5.69 Å². The number of nitrogens with two attached hydrogens (primary N) is 1. The predicted octanol–water partition coefficient (Wildman–Crippen LogP) is 1.64. The minimum atomic E-state index is -0.296. The maximum atomic E-state index is 12.2. The lowest BCUT2D eigenvalue weighted by atomic mass is 10.1. The number of pyridine rings is 1. The predicted molar refractivity (Wildman–Crippen MR) is 72.6 cm³/mol. The van der Waals surface area contributed by atoms with Crippen LogP contribution in [0, 0.1) is 0 Å². The summed E-state index contributed by atoms with van der Waals surface area (Å²) in [6.45, 7) is 0.369. The summed E-state index contributed by atoms with van der Waals surface area (Å²) < 4.78 is 0. The molecule has 0 aliphatic heterocycles. The third-order valence-corrected chi connectivity index (χ3v) is 2.77. The minimum Gasteiger partial charge on any atom is -0.505 e. The second kappa shape index (κ2) is 5.39. The summed E-state index contributed by atoms with van der Waals surface area (Å²) in [5.74, 6) is -0.476. The fourth-order valence-corrected chi connectivity index (χ4v) is 1.75. The van der Waals surface area contributed by atoms with E-state index in [-0.39, 0.29) is 22.9 Å². The van der Waals surface area contributed by atoms with Crippen molar-refractivity contribution in [1.82, 2.24) is 9.88 Å². The number of rotatable bonds is 3. The van der Waals surface area contributed by atoms with E-state index in [0.29, 0.717) is 6.54 Å². The van der Waals surface area contributed by atoms with Gasteiger partial charge in [-0.05, 0) is 24.3 Å². The summed E-state index contributed by atoms with van der Waals surface area (Å²) in [6, 6.07) is 10.2. The Labute approximate surface area is 111 Å². The maximum Gasteiger partial charge on any atom is 0.257 e. The van der Waals surface area contributed by atoms with Crippen LogP contribution in [0.2, 0.25) is 0 Å². The number of aromatic hydroxyl groups is 1. The zero-order valence-electron chi connectivity index (χ0n) is 10.6. The molecule has 0 atom stereocenters. The Balaban J connectivity index is 2.18. The Morgan fingerprint density at radius 1 is 1.32 bits per heavy atom. The second-order valence-electron chi connectivity index (χ2n) is 4.23. The number of nitrogens with zero attached hydrogens (tertiary/aromatic N) is 2. The number of carbonyl (C=O) groups excluding carboxylic acids is 1. The van der Waals surface area contributed by atoms with Gasteiger partial charge in [0.2, 0.25) is 0 Å². The number of nitrogen functional groups attached to an aromatic ring is 1. The van der Waals surface area contributed by atoms with Gasteiger partial charge >= 0.3 is 0 Å². The van der Waals surface area contributed by atoms with Crippen molar-refractivity contribution in [3.8, 4) is 5.75 Å². The van der Waals surface area contributed by atoms with Crippen molar-refractivity contribution in [2.24, 2.45) is 0 Å². The number of aromatic nitrogens is 1. The van der Waals surface area contributed by atoms with Crippen molar-refractivity contribution in [2.45, 2.75) is 6.54 Å². The molecule has 0 aliphatic carbocycles. The number of phenolic OH excluding ortho intramolecular Hbond substituents is 1. The van der Waals surface area contributed by atoms with E-state index in [4.69, 9.17) is 5.73 Å². The molecule has 0 unspecified atom stereocenters. The first-order valence-electron chi connectivity index (χ1n) is 5.82. The van der Waals surface area contributed by atoms with Crippen molar-refractivity contribution in [2.75, 3.05) is 12.8 Å². The van der Waals surface area contributed by atoms with Crippen LogP contribution in [-0.2, 0) is 6.54 Å². The normalized spacial score (nSPS) is 10.2. The highest BCUT2D eigenvalue weighted by Crippen LogP contribution is 2.25. The molecule has 0 radical (unpaired) electrons. The highest BCUT2D eigenvalue weighted by molar-refractivity contribution is 5.98. The van der Waals surface area contributed by atoms with Crippen LogP contribution in [0.15, 0.2) is 42.6 Å². The Morgan fingerprint density at radius 2 is 2.11 bits per heavy atom. The van der Waals surface area contributed by atoms with Gasteiger partial charge in [-0.15, -0.1) is 0 Å². The SMILES string of the molecule is CN(Cc1ccccn1)C(=O)c1cccc(N)c1O. The molecule has 0 bridgehead atoms. The van der Waals surface area contributed by atoms with Gasteiger partial charge in [-0.3, -0.25) is 9.78 Å². The number of phenols is 1. The molecule has 2 rings (SSSR count). The zero-order valence-corrected chi connectivity index (χ0v) is 10.6. The van der Waals surface area contributed by atoms with Crippen LogP contribution in [-0.4, -0.2) is 27.9 Å². The van der Waals surface area contributed by atoms with Crippen LogP contribution in [0.5, 0.6) is 5.75 Å². The van der Waals surface area contributed by atoms with Crippen LogP contribution >= 0.6 is 0 Å². The average Bonchev–Trinajstić information content (AvgIpc) is 2.42. The van der Waals surface area contributed by atoms with E-state index >= 15 is 0 Å². The van der Waals surface area contributed by atoms with Gasteiger partial charge in [0.1, 0.15) is 0 Å². The van der Waals surface area contributed by atoms with Gasteiger partial charge < -0.3 is 15.7 Å². The van der Waals surface area contributed by atoms with Crippen LogP contribution in [0.3, 0.4) is 0 Å². The largest absolute Gasteiger partial charge is 0.505 e. The van der Waals surface area contributed by atoms with Crippen LogP contribution in [0.4, 0.5) is 5.69 Å². The summed E-state index contributed by atoms with van der Waals surface area (Å²) in [7, 11) is 1.65. The molecule has 0 saturated heterocycles. The molecule has 3 N–H and O–H groups in total. The molecular weight excluding hydrogens is 242 g/mol. The summed E-state index contributed by atoms with van der Waals surface area (Å²) in [5, 5.41) is 9.79. The number of amides is 1. The fourth-order valence-electron chi connectivity index (χ4n) is 1.75. The van der Waals surface area contributed by atoms with E-state index in [1.807, 2.05) is 18.2 Å². The topological polar surface area (TPSA) is 79.5 Å². The van der Waals surface area contributed by atoms with E-state index in [2.05, 4.69) is 4.98 Å². The summed E-state index contributed by atoms with van der Waals surface area (Å²) in [5.41, 5.74) is 6.74. The monoisotopic (exact) mass is 257 g/mol. The molecule has 0 saturated carbocycles. The molecule has 1 amide bonds. The van der Waals surface area contributed by atoms with Crippen molar-refractivity contribution in [1.29, 1.82) is 0 Å². The standard InChI is InChI=1S/C14H15N3O2/c1-17(9-10-5-2-3-8-16-10)14(19)11-6-4-7-12(15)13(11)18/h2-8,18H,9,15H2,1H3. The zero-order chi connectivity index (χ0) is 13.8. The lowest BCUT2D eigenvalue weighted by Crippen LogP contribution is -2.26. The molecule has 1 heterocycles.